The van der Waals surface area contributed by atoms with E-state index in [-0.39, 0.29) is 6.04 Å². The molecule has 2 rings (SSSR count). The number of thiophene rings is 1. The molecule has 0 fully saturated rings. The minimum absolute atomic E-state index is 0.186. The third kappa shape index (κ3) is 2.97. The second-order valence-corrected chi connectivity index (χ2v) is 6.42. The lowest BCUT2D eigenvalue weighted by Crippen LogP contribution is -2.25. The highest BCUT2D eigenvalue weighted by molar-refractivity contribution is 9.11. The highest BCUT2D eigenvalue weighted by atomic mass is 79.9. The van der Waals surface area contributed by atoms with Crippen LogP contribution >= 0.6 is 27.3 Å². The van der Waals surface area contributed by atoms with Crippen LogP contribution in [-0.2, 0) is 7.05 Å². The average molecular weight is 314 g/mol. The molecule has 2 aromatic heterocycles. The summed E-state index contributed by atoms with van der Waals surface area (Å²) in [4.78, 5) is 5.74. The smallest absolute Gasteiger partial charge is 0.131 e. The van der Waals surface area contributed by atoms with Crippen LogP contribution in [0.5, 0.6) is 0 Å². The molecule has 5 heteroatoms. The number of hydrogen-bond acceptors (Lipinski definition) is 3. The van der Waals surface area contributed by atoms with Gasteiger partial charge in [-0.3, -0.25) is 0 Å². The topological polar surface area (TPSA) is 29.9 Å². The molecule has 0 aliphatic carbocycles. The van der Waals surface area contributed by atoms with Gasteiger partial charge in [0.1, 0.15) is 11.9 Å². The van der Waals surface area contributed by atoms with Crippen LogP contribution in [0, 0.1) is 0 Å². The Morgan fingerprint density at radius 1 is 1.53 bits per heavy atom. The van der Waals surface area contributed by atoms with Crippen molar-refractivity contribution < 1.29 is 0 Å². The number of hydrogen-bond donors (Lipinski definition) is 1. The van der Waals surface area contributed by atoms with E-state index >= 15 is 0 Å². The summed E-state index contributed by atoms with van der Waals surface area (Å²) < 4.78 is 3.23. The van der Waals surface area contributed by atoms with Gasteiger partial charge in [0.05, 0.1) is 3.79 Å². The molecular weight excluding hydrogens is 298 g/mol. The molecule has 92 valence electrons. The lowest BCUT2D eigenvalue weighted by molar-refractivity contribution is 0.562. The van der Waals surface area contributed by atoms with Gasteiger partial charge in [0.2, 0.25) is 0 Å². The summed E-state index contributed by atoms with van der Waals surface area (Å²) in [7, 11) is 2.03. The van der Waals surface area contributed by atoms with Crippen molar-refractivity contribution in [1.82, 2.24) is 14.9 Å². The average Bonchev–Trinajstić information content (AvgIpc) is 2.90. The Kier molecular flexibility index (Phi) is 4.36. The zero-order valence-corrected chi connectivity index (χ0v) is 12.4. The summed E-state index contributed by atoms with van der Waals surface area (Å²) in [6.45, 7) is 3.17. The molecule has 3 nitrogen and oxygen atoms in total. The fourth-order valence-corrected chi connectivity index (χ4v) is 3.24. The van der Waals surface area contributed by atoms with Crippen molar-refractivity contribution in [3.8, 4) is 0 Å². The summed E-state index contributed by atoms with van der Waals surface area (Å²) in [5, 5.41) is 3.55. The molecule has 0 spiro atoms. The van der Waals surface area contributed by atoms with Gasteiger partial charge in [-0.1, -0.05) is 6.92 Å². The summed E-state index contributed by atoms with van der Waals surface area (Å²) in [6, 6.07) is 4.42. The molecule has 17 heavy (non-hydrogen) atoms. The number of rotatable bonds is 5. The number of nitrogens with zero attached hydrogens (tertiary/aromatic N) is 2. The largest absolute Gasteiger partial charge is 0.336 e. The van der Waals surface area contributed by atoms with Gasteiger partial charge in [0.15, 0.2) is 0 Å². The molecule has 0 saturated carbocycles. The molecule has 1 atom stereocenters. The number of halogens is 1. The molecule has 0 bridgehead atoms. The Morgan fingerprint density at radius 2 is 2.35 bits per heavy atom. The Morgan fingerprint density at radius 3 is 2.88 bits per heavy atom. The standard InChI is InChI=1S/C12H16BrN3S/c1-3-6-14-11(9-4-5-10(13)17-9)12-15-7-8-16(12)2/h4-5,7-8,11,14H,3,6H2,1-2H3. The van der Waals surface area contributed by atoms with Crippen molar-refractivity contribution in [2.75, 3.05) is 6.54 Å². The van der Waals surface area contributed by atoms with E-state index in [2.05, 4.69) is 49.9 Å². The van der Waals surface area contributed by atoms with Gasteiger partial charge < -0.3 is 9.88 Å². The second kappa shape index (κ2) is 5.80. The van der Waals surface area contributed by atoms with E-state index in [0.717, 1.165) is 22.6 Å². The lowest BCUT2D eigenvalue weighted by atomic mass is 10.2. The first kappa shape index (κ1) is 12.8. The fraction of sp³-hybridized carbons (Fsp3) is 0.417. The van der Waals surface area contributed by atoms with E-state index in [1.165, 1.54) is 4.88 Å². The fourth-order valence-electron chi connectivity index (χ4n) is 1.75. The summed E-state index contributed by atoms with van der Waals surface area (Å²) in [5.41, 5.74) is 0. The quantitative estimate of drug-likeness (QED) is 0.917. The number of aromatic nitrogens is 2. The van der Waals surface area contributed by atoms with Crippen LogP contribution in [0.2, 0.25) is 0 Å². The van der Waals surface area contributed by atoms with Crippen LogP contribution in [0.1, 0.15) is 30.1 Å². The SMILES string of the molecule is CCCNC(c1ccc(Br)s1)c1nccn1C. The van der Waals surface area contributed by atoms with Gasteiger partial charge in [-0.2, -0.15) is 0 Å². The third-order valence-electron chi connectivity index (χ3n) is 2.59. The molecule has 2 heterocycles. The maximum atomic E-state index is 4.45. The van der Waals surface area contributed by atoms with Gasteiger partial charge >= 0.3 is 0 Å². The molecule has 1 unspecified atom stereocenters. The van der Waals surface area contributed by atoms with Crippen LogP contribution in [0.3, 0.4) is 0 Å². The molecule has 0 saturated heterocycles. The van der Waals surface area contributed by atoms with E-state index in [4.69, 9.17) is 0 Å². The minimum atomic E-state index is 0.186. The van der Waals surface area contributed by atoms with E-state index in [1.54, 1.807) is 11.3 Å². The van der Waals surface area contributed by atoms with Gasteiger partial charge in [-0.05, 0) is 41.0 Å². The molecule has 0 radical (unpaired) electrons. The minimum Gasteiger partial charge on any atom is -0.336 e. The monoisotopic (exact) mass is 313 g/mol. The van der Waals surface area contributed by atoms with E-state index in [0.29, 0.717) is 0 Å². The zero-order chi connectivity index (χ0) is 12.3. The van der Waals surface area contributed by atoms with E-state index in [9.17, 15) is 0 Å². The summed E-state index contributed by atoms with van der Waals surface area (Å²) >= 11 is 5.27. The van der Waals surface area contributed by atoms with Crippen LogP contribution in [0.25, 0.3) is 0 Å². The first-order valence-electron chi connectivity index (χ1n) is 5.68. The maximum absolute atomic E-state index is 4.45. The molecule has 2 aromatic rings. The normalized spacial score (nSPS) is 12.9. The molecule has 0 aliphatic heterocycles. The Bertz CT molecular complexity index is 478. The summed E-state index contributed by atoms with van der Waals surface area (Å²) in [5.74, 6) is 1.06. The van der Waals surface area contributed by atoms with Gasteiger partial charge in [0, 0.05) is 24.3 Å². The Labute approximate surface area is 114 Å². The number of aryl methyl sites for hydroxylation is 1. The first-order valence-corrected chi connectivity index (χ1v) is 7.29. The van der Waals surface area contributed by atoms with Crippen LogP contribution in [0.4, 0.5) is 0 Å². The van der Waals surface area contributed by atoms with Crippen LogP contribution < -0.4 is 5.32 Å². The predicted octanol–water partition coefficient (Wildman–Crippen LogP) is 3.33. The van der Waals surface area contributed by atoms with Crippen LogP contribution in [-0.4, -0.2) is 16.1 Å². The van der Waals surface area contributed by atoms with Crippen molar-refractivity contribution in [2.24, 2.45) is 7.05 Å². The highest BCUT2D eigenvalue weighted by Gasteiger charge is 2.18. The van der Waals surface area contributed by atoms with Crippen molar-refractivity contribution in [3.63, 3.8) is 0 Å². The molecule has 0 aliphatic rings. The van der Waals surface area contributed by atoms with E-state index < -0.39 is 0 Å². The van der Waals surface area contributed by atoms with Crippen molar-refractivity contribution in [1.29, 1.82) is 0 Å². The summed E-state index contributed by atoms with van der Waals surface area (Å²) in [6.07, 6.45) is 4.95. The zero-order valence-electron chi connectivity index (χ0n) is 9.98. The van der Waals surface area contributed by atoms with Crippen LogP contribution in [0.15, 0.2) is 28.3 Å². The number of imidazole rings is 1. The molecule has 0 amide bonds. The first-order chi connectivity index (χ1) is 8.22. The molecule has 1 N–H and O–H groups in total. The van der Waals surface area contributed by atoms with E-state index in [1.807, 2.05) is 19.4 Å². The molecular formula is C12H16BrN3S. The third-order valence-corrected chi connectivity index (χ3v) is 4.28. The van der Waals surface area contributed by atoms with Gasteiger partial charge in [0.25, 0.3) is 0 Å². The Hall–Kier alpha value is -0.650. The molecule has 0 aromatic carbocycles. The van der Waals surface area contributed by atoms with Crippen molar-refractivity contribution in [3.05, 3.63) is 39.0 Å². The Balaban J connectivity index is 2.28. The van der Waals surface area contributed by atoms with Crippen molar-refractivity contribution in [2.45, 2.75) is 19.4 Å². The number of nitrogens with one attached hydrogen (secondary N) is 1. The van der Waals surface area contributed by atoms with Gasteiger partial charge in [-0.25, -0.2) is 4.98 Å². The highest BCUT2D eigenvalue weighted by Crippen LogP contribution is 2.30. The lowest BCUT2D eigenvalue weighted by Gasteiger charge is -2.16. The van der Waals surface area contributed by atoms with Crippen molar-refractivity contribution >= 4 is 27.3 Å². The second-order valence-electron chi connectivity index (χ2n) is 3.93. The maximum Gasteiger partial charge on any atom is 0.131 e. The predicted molar refractivity (Wildman–Crippen MR) is 75.4 cm³/mol. The van der Waals surface area contributed by atoms with Gasteiger partial charge in [-0.15, -0.1) is 11.3 Å².